The van der Waals surface area contributed by atoms with E-state index in [2.05, 4.69) is 4.72 Å². The van der Waals surface area contributed by atoms with Gasteiger partial charge in [-0.2, -0.15) is 0 Å². The molecule has 0 radical (unpaired) electrons. The van der Waals surface area contributed by atoms with Crippen molar-refractivity contribution in [2.75, 3.05) is 18.8 Å². The number of hydrogen-bond donors (Lipinski definition) is 2. The molecule has 0 fully saturated rings. The predicted molar refractivity (Wildman–Crippen MR) is 96.5 cm³/mol. The molecule has 2 aromatic rings. The molecule has 8 nitrogen and oxygen atoms in total. The van der Waals surface area contributed by atoms with Gasteiger partial charge in [0.05, 0.1) is 21.2 Å². The molecule has 2 aromatic carbocycles. The number of aromatic carboxylic acids is 1. The fraction of sp³-hybridized carbons (Fsp3) is 0.133. The van der Waals surface area contributed by atoms with Crippen molar-refractivity contribution in [1.82, 2.24) is 4.31 Å². The first kappa shape index (κ1) is 20.2. The lowest BCUT2D eigenvalue weighted by atomic mass is 10.2. The average molecular weight is 419 g/mol. The van der Waals surface area contributed by atoms with Gasteiger partial charge in [-0.15, -0.1) is 0 Å². The second-order valence-electron chi connectivity index (χ2n) is 5.37. The van der Waals surface area contributed by atoms with Crippen molar-refractivity contribution < 1.29 is 26.7 Å². The Bertz CT molecular complexity index is 1070. The molecule has 0 saturated heterocycles. The quantitative estimate of drug-likeness (QED) is 0.740. The Kier molecular flexibility index (Phi) is 5.61. The molecule has 0 aliphatic carbocycles. The van der Waals surface area contributed by atoms with E-state index < -0.39 is 30.9 Å². The summed E-state index contributed by atoms with van der Waals surface area (Å²) in [5, 5.41) is 8.84. The molecule has 0 heterocycles. The van der Waals surface area contributed by atoms with E-state index in [-0.39, 0.29) is 21.2 Å². The molecule has 0 bridgehead atoms. The monoisotopic (exact) mass is 418 g/mol. The molecule has 0 amide bonds. The molecule has 0 atom stereocenters. The third-order valence-electron chi connectivity index (χ3n) is 3.33. The Morgan fingerprint density at radius 3 is 2.31 bits per heavy atom. The Balaban J connectivity index is 2.46. The fourth-order valence-electron chi connectivity index (χ4n) is 1.98. The summed E-state index contributed by atoms with van der Waals surface area (Å²) in [6, 6.07) is 8.48. The first-order valence-corrected chi connectivity index (χ1v) is 10.3. The summed E-state index contributed by atoms with van der Waals surface area (Å²) in [4.78, 5) is 10.5. The highest BCUT2D eigenvalue weighted by atomic mass is 35.5. The van der Waals surface area contributed by atoms with Crippen molar-refractivity contribution in [2.45, 2.75) is 9.79 Å². The Hall–Kier alpha value is -2.14. The number of halogens is 1. The highest BCUT2D eigenvalue weighted by Gasteiger charge is 2.22. The van der Waals surface area contributed by atoms with Crippen LogP contribution >= 0.6 is 11.6 Å². The van der Waals surface area contributed by atoms with E-state index in [1.54, 1.807) is 0 Å². The summed E-state index contributed by atoms with van der Waals surface area (Å²) in [5.74, 6) is -1.31. The number of rotatable bonds is 6. The molecular weight excluding hydrogens is 404 g/mol. The number of nitrogens with one attached hydrogen (secondary N) is 1. The number of carboxylic acids is 1. The average Bonchev–Trinajstić information content (AvgIpc) is 2.54. The molecule has 2 N–H and O–H groups in total. The number of hydrogen-bond acceptors (Lipinski definition) is 5. The largest absolute Gasteiger partial charge is 0.478 e. The fourth-order valence-corrected chi connectivity index (χ4v) is 4.51. The maximum atomic E-state index is 12.5. The van der Waals surface area contributed by atoms with Gasteiger partial charge in [0.1, 0.15) is 4.90 Å². The maximum Gasteiger partial charge on any atom is 0.335 e. The number of anilines is 1. The summed E-state index contributed by atoms with van der Waals surface area (Å²) in [7, 11) is -5.29. The lowest BCUT2D eigenvalue weighted by Crippen LogP contribution is -2.22. The van der Waals surface area contributed by atoms with Crippen LogP contribution in [0.5, 0.6) is 0 Å². The number of carboxylic acid groups (broad SMARTS) is 1. The summed E-state index contributed by atoms with van der Waals surface area (Å²) in [5.41, 5.74) is -0.261. The molecule has 0 spiro atoms. The smallest absolute Gasteiger partial charge is 0.335 e. The van der Waals surface area contributed by atoms with Gasteiger partial charge in [0.15, 0.2) is 0 Å². The second-order valence-corrected chi connectivity index (χ2v) is 9.58. The Labute approximate surface area is 156 Å². The molecule has 0 unspecified atom stereocenters. The molecule has 0 aliphatic rings. The van der Waals surface area contributed by atoms with Gasteiger partial charge >= 0.3 is 5.97 Å². The van der Waals surface area contributed by atoms with Gasteiger partial charge in [-0.05, 0) is 36.4 Å². The molecule has 0 aromatic heterocycles. The summed E-state index contributed by atoms with van der Waals surface area (Å²) in [6.45, 7) is 0. The van der Waals surface area contributed by atoms with Crippen LogP contribution in [0.15, 0.2) is 52.3 Å². The number of nitrogens with zero attached hydrogens (tertiary/aromatic N) is 1. The topological polar surface area (TPSA) is 121 Å². The lowest BCUT2D eigenvalue weighted by Gasteiger charge is -2.14. The molecule has 0 saturated carbocycles. The van der Waals surface area contributed by atoms with E-state index in [0.29, 0.717) is 0 Å². The van der Waals surface area contributed by atoms with E-state index in [9.17, 15) is 21.6 Å². The zero-order valence-corrected chi connectivity index (χ0v) is 16.1. The van der Waals surface area contributed by atoms with Crippen LogP contribution in [0.3, 0.4) is 0 Å². The zero-order valence-electron chi connectivity index (χ0n) is 13.7. The van der Waals surface area contributed by atoms with Crippen molar-refractivity contribution in [3.63, 3.8) is 0 Å². The van der Waals surface area contributed by atoms with Crippen LogP contribution in [0.4, 0.5) is 5.69 Å². The van der Waals surface area contributed by atoms with Crippen LogP contribution in [0.1, 0.15) is 10.4 Å². The van der Waals surface area contributed by atoms with E-state index in [1.807, 2.05) is 0 Å². The van der Waals surface area contributed by atoms with E-state index in [0.717, 1.165) is 22.5 Å². The van der Waals surface area contributed by atoms with Gasteiger partial charge < -0.3 is 5.11 Å². The predicted octanol–water partition coefficient (Wildman–Crippen LogP) is 2.09. The molecule has 26 heavy (non-hydrogen) atoms. The minimum Gasteiger partial charge on any atom is -0.478 e. The Morgan fingerprint density at radius 1 is 1.08 bits per heavy atom. The van der Waals surface area contributed by atoms with E-state index in [1.165, 1.54) is 38.4 Å². The van der Waals surface area contributed by atoms with Gasteiger partial charge in [-0.25, -0.2) is 25.9 Å². The van der Waals surface area contributed by atoms with Gasteiger partial charge in [0, 0.05) is 14.1 Å². The third kappa shape index (κ3) is 4.15. The highest BCUT2D eigenvalue weighted by Crippen LogP contribution is 2.26. The first-order chi connectivity index (χ1) is 11.9. The van der Waals surface area contributed by atoms with Crippen LogP contribution < -0.4 is 4.72 Å². The number of carbonyl (C=O) groups is 1. The van der Waals surface area contributed by atoms with Crippen molar-refractivity contribution in [1.29, 1.82) is 0 Å². The minimum atomic E-state index is -4.24. The second kappa shape index (κ2) is 7.23. The molecular formula is C15H15ClN2O6S2. The highest BCUT2D eigenvalue weighted by molar-refractivity contribution is 7.93. The summed E-state index contributed by atoms with van der Waals surface area (Å²) < 4.78 is 52.6. The number of benzene rings is 2. The first-order valence-electron chi connectivity index (χ1n) is 7.03. The van der Waals surface area contributed by atoms with Crippen LogP contribution in [-0.4, -0.2) is 46.3 Å². The van der Waals surface area contributed by atoms with Crippen molar-refractivity contribution in [2.24, 2.45) is 0 Å². The van der Waals surface area contributed by atoms with Crippen molar-refractivity contribution >= 4 is 43.3 Å². The van der Waals surface area contributed by atoms with Crippen molar-refractivity contribution in [3.8, 4) is 0 Å². The van der Waals surface area contributed by atoms with Gasteiger partial charge in [-0.3, -0.25) is 4.72 Å². The van der Waals surface area contributed by atoms with E-state index in [4.69, 9.17) is 16.7 Å². The summed E-state index contributed by atoms with van der Waals surface area (Å²) in [6.07, 6.45) is 0. The lowest BCUT2D eigenvalue weighted by molar-refractivity contribution is 0.0696. The van der Waals surface area contributed by atoms with Crippen LogP contribution in [0.2, 0.25) is 5.02 Å². The Morgan fingerprint density at radius 2 is 1.73 bits per heavy atom. The SMILES string of the molecule is CN(C)S(=O)(=O)c1cccc(NS(=O)(=O)c2cc(C(=O)O)ccc2Cl)c1. The van der Waals surface area contributed by atoms with Crippen LogP contribution in [-0.2, 0) is 20.0 Å². The van der Waals surface area contributed by atoms with Crippen LogP contribution in [0, 0.1) is 0 Å². The summed E-state index contributed by atoms with van der Waals surface area (Å²) >= 11 is 5.88. The zero-order chi connectivity index (χ0) is 19.7. The normalized spacial score (nSPS) is 12.2. The van der Waals surface area contributed by atoms with Crippen LogP contribution in [0.25, 0.3) is 0 Å². The molecule has 11 heteroatoms. The van der Waals surface area contributed by atoms with Gasteiger partial charge in [-0.1, -0.05) is 17.7 Å². The van der Waals surface area contributed by atoms with Gasteiger partial charge in [0.25, 0.3) is 10.0 Å². The molecule has 2 rings (SSSR count). The van der Waals surface area contributed by atoms with E-state index >= 15 is 0 Å². The third-order valence-corrected chi connectivity index (χ3v) is 7.01. The minimum absolute atomic E-state index is 0.00952. The molecule has 0 aliphatic heterocycles. The standard InChI is InChI=1S/C15H15ClN2O6S2/c1-18(2)26(23,24)12-5-3-4-11(9-12)17-25(21,22)14-8-10(15(19)20)6-7-13(14)16/h3-9,17H,1-2H3,(H,19,20). The molecule has 140 valence electrons. The maximum absolute atomic E-state index is 12.5. The van der Waals surface area contributed by atoms with Gasteiger partial charge in [0.2, 0.25) is 10.0 Å². The van der Waals surface area contributed by atoms with Crippen molar-refractivity contribution in [3.05, 3.63) is 53.1 Å². The number of sulfonamides is 2.